The number of para-hydroxylation sites is 7. The van der Waals surface area contributed by atoms with Crippen molar-refractivity contribution in [3.8, 4) is 23.0 Å². The molecule has 0 bridgehead atoms. The Kier molecular flexibility index (Phi) is 27.9. The summed E-state index contributed by atoms with van der Waals surface area (Å²) >= 11 is 0. The lowest BCUT2D eigenvalue weighted by atomic mass is 10.1. The second kappa shape index (κ2) is 38.0. The lowest BCUT2D eigenvalue weighted by Crippen LogP contribution is -2.01. The largest absolute Gasteiger partial charge is 0.494 e. The Morgan fingerprint density at radius 1 is 0.281 bits per heavy atom. The number of unbranched alkanes of at least 4 members (excludes halogenated alkanes) is 4. The molecule has 0 saturated carbocycles. The average molecular weight is 1280 g/mol. The SMILES string of the molecule is CCCCOc1ccc(OCCCC)c(N)c1.CCCCOc1cccc(N)c1.CCCCOc1ccccc1N.Nc1ccc(Nc2ccccc2)cc1.Nc1ccc2c(c1)[nH]c1ccccc12.Nc1cccc2[nH]c3ccccc3c12.c1ccc2c(c1)[nH]c1ccccc12. The summed E-state index contributed by atoms with van der Waals surface area (Å²) in [4.78, 5) is 10.1. The third kappa shape index (κ3) is 21.6. The van der Waals surface area contributed by atoms with E-state index in [9.17, 15) is 0 Å². The summed E-state index contributed by atoms with van der Waals surface area (Å²) in [6.45, 7) is 11.5. The van der Waals surface area contributed by atoms with E-state index in [4.69, 9.17) is 53.3 Å². The van der Waals surface area contributed by atoms with Crippen molar-refractivity contribution in [2.45, 2.75) is 79.1 Å². The molecule has 0 spiro atoms. The zero-order valence-corrected chi connectivity index (χ0v) is 55.8. The minimum absolute atomic E-state index is 0.648. The summed E-state index contributed by atoms with van der Waals surface area (Å²) < 4.78 is 22.0. The summed E-state index contributed by atoms with van der Waals surface area (Å²) in [6, 6.07) is 83.6. The van der Waals surface area contributed by atoms with E-state index in [2.05, 4.69) is 127 Å². The number of aromatic nitrogens is 3. The van der Waals surface area contributed by atoms with Crippen LogP contribution >= 0.6 is 0 Å². The predicted molar refractivity (Wildman–Crippen MR) is 411 cm³/mol. The van der Waals surface area contributed by atoms with E-state index in [1.54, 1.807) is 0 Å². The Balaban J connectivity index is 0.000000144. The van der Waals surface area contributed by atoms with E-state index >= 15 is 0 Å². The summed E-state index contributed by atoms with van der Waals surface area (Å²) in [7, 11) is 0. The van der Waals surface area contributed by atoms with Gasteiger partial charge in [-0.25, -0.2) is 0 Å². The number of aromatic amines is 3. The highest BCUT2D eigenvalue weighted by Crippen LogP contribution is 2.31. The zero-order chi connectivity index (χ0) is 67.7. The predicted octanol–water partition coefficient (Wildman–Crippen LogP) is 20.7. The lowest BCUT2D eigenvalue weighted by molar-refractivity contribution is 0.302. The summed E-state index contributed by atoms with van der Waals surface area (Å²) in [5, 5.41) is 10.7. The Bertz CT molecular complexity index is 4510. The van der Waals surface area contributed by atoms with Crippen LogP contribution in [0.4, 0.5) is 45.5 Å². The number of fused-ring (bicyclic) bond motifs is 9. The number of hydrogen-bond acceptors (Lipinski definition) is 11. The number of anilines is 8. The van der Waals surface area contributed by atoms with E-state index < -0.39 is 0 Å². The highest BCUT2D eigenvalue weighted by molar-refractivity contribution is 6.13. The third-order valence-corrected chi connectivity index (χ3v) is 15.3. The normalized spacial score (nSPS) is 10.4. The highest BCUT2D eigenvalue weighted by atomic mass is 16.5. The molecule has 0 amide bonds. The third-order valence-electron chi connectivity index (χ3n) is 15.3. The van der Waals surface area contributed by atoms with Crippen LogP contribution in [0.25, 0.3) is 65.4 Å². The first-order chi connectivity index (χ1) is 46.9. The van der Waals surface area contributed by atoms with Crippen LogP contribution in [0.2, 0.25) is 0 Å². The van der Waals surface area contributed by atoms with Crippen LogP contribution in [-0.2, 0) is 0 Å². The van der Waals surface area contributed by atoms with Gasteiger partial charge in [0, 0.05) is 112 Å². The molecule has 0 radical (unpaired) electrons. The Morgan fingerprint density at radius 2 is 0.688 bits per heavy atom. The number of nitrogens with two attached hydrogens (primary N) is 6. The Morgan fingerprint density at radius 3 is 1.24 bits per heavy atom. The maximum Gasteiger partial charge on any atom is 0.142 e. The number of H-pyrrole nitrogens is 3. The van der Waals surface area contributed by atoms with Gasteiger partial charge < -0.3 is 73.6 Å². The maximum atomic E-state index is 5.95. The fraction of sp³-hybridized carbons (Fsp3) is 0.195. The van der Waals surface area contributed by atoms with E-state index in [0.717, 1.165) is 162 Å². The Labute approximate surface area is 564 Å². The molecule has 14 rings (SSSR count). The van der Waals surface area contributed by atoms with Gasteiger partial charge in [-0.3, -0.25) is 0 Å². The molecular formula is C82H94N10O4. The molecule has 0 aliphatic heterocycles. The van der Waals surface area contributed by atoms with Gasteiger partial charge in [-0.15, -0.1) is 0 Å². The molecule has 3 heterocycles. The molecule has 0 fully saturated rings. The van der Waals surface area contributed by atoms with Gasteiger partial charge in [-0.05, 0) is 147 Å². The van der Waals surface area contributed by atoms with Crippen molar-refractivity contribution in [2.24, 2.45) is 0 Å². The summed E-state index contributed by atoms with van der Waals surface area (Å²) in [5.41, 5.74) is 48.0. The van der Waals surface area contributed by atoms with Crippen molar-refractivity contribution in [3.05, 3.63) is 255 Å². The van der Waals surface area contributed by atoms with Crippen LogP contribution in [0.3, 0.4) is 0 Å². The molecule has 0 aliphatic carbocycles. The molecule has 14 nitrogen and oxygen atoms in total. The first kappa shape index (κ1) is 70.5. The van der Waals surface area contributed by atoms with Gasteiger partial charge in [0.05, 0.1) is 37.8 Å². The molecule has 0 atom stereocenters. The summed E-state index contributed by atoms with van der Waals surface area (Å²) in [6.07, 6.45) is 8.84. The van der Waals surface area contributed by atoms with Crippen LogP contribution < -0.4 is 58.7 Å². The number of rotatable bonds is 18. The topological polar surface area (TPSA) is 252 Å². The summed E-state index contributed by atoms with van der Waals surface area (Å²) in [5.74, 6) is 3.23. The molecule has 0 saturated heterocycles. The average Bonchev–Trinajstić information content (AvgIpc) is 1.67. The van der Waals surface area contributed by atoms with Crippen LogP contribution in [-0.4, -0.2) is 41.4 Å². The van der Waals surface area contributed by atoms with Crippen molar-refractivity contribution in [3.63, 3.8) is 0 Å². The lowest BCUT2D eigenvalue weighted by Gasteiger charge is -2.10. The molecule has 11 aromatic carbocycles. The smallest absolute Gasteiger partial charge is 0.142 e. The van der Waals surface area contributed by atoms with Crippen LogP contribution in [0.1, 0.15) is 79.1 Å². The molecular weight excluding hydrogens is 1190 g/mol. The van der Waals surface area contributed by atoms with Gasteiger partial charge in [0.2, 0.25) is 0 Å². The van der Waals surface area contributed by atoms with Crippen molar-refractivity contribution in [2.75, 3.05) is 66.1 Å². The number of nitrogen functional groups attached to an aromatic ring is 6. The van der Waals surface area contributed by atoms with Crippen molar-refractivity contribution in [1.29, 1.82) is 0 Å². The van der Waals surface area contributed by atoms with Gasteiger partial charge in [-0.1, -0.05) is 175 Å². The minimum Gasteiger partial charge on any atom is -0.494 e. The zero-order valence-electron chi connectivity index (χ0n) is 55.8. The second-order valence-corrected chi connectivity index (χ2v) is 22.9. The molecule has 96 heavy (non-hydrogen) atoms. The second-order valence-electron chi connectivity index (χ2n) is 22.9. The molecule has 3 aromatic heterocycles. The molecule has 14 aromatic rings. The van der Waals surface area contributed by atoms with Gasteiger partial charge in [0.1, 0.15) is 23.0 Å². The fourth-order valence-corrected chi connectivity index (χ4v) is 10.1. The quantitative estimate of drug-likeness (QED) is 0.0286. The number of nitrogens with one attached hydrogen (secondary N) is 4. The fourth-order valence-electron chi connectivity index (χ4n) is 10.1. The van der Waals surface area contributed by atoms with Crippen LogP contribution in [0, 0.1) is 0 Å². The first-order valence-electron chi connectivity index (χ1n) is 33.2. The Hall–Kier alpha value is -11.4. The molecule has 0 unspecified atom stereocenters. The number of benzene rings is 11. The van der Waals surface area contributed by atoms with E-state index in [1.165, 1.54) is 38.0 Å². The van der Waals surface area contributed by atoms with Crippen molar-refractivity contribution in [1.82, 2.24) is 15.0 Å². The standard InChI is InChI=1S/C14H23NO2.2C12H10N2.C12H12N2.C12H9N.2C10H15NO/c1-3-5-9-16-12-7-8-14(13(15)11-12)17-10-6-4-2;13-9-5-3-7-11-12(9)8-4-1-2-6-10(8)14-11;13-8-5-6-10-9-3-1-2-4-11(9)14-12(10)7-8;13-10-6-8-12(9-7-10)14-11-4-2-1-3-5-11;1-3-7-11-9(5-1)10-6-2-4-8-12(10)13-11;1-2-3-8-12-10-7-5-4-6-9(10)11;1-2-3-7-12-10-6-4-5-9(11)8-10/h7-8,11H,3-6,9-10,15H2,1-2H3;2*1-7,14H,13H2;1-9,14H,13H2;1-8,13H;4-7H,2-3,8,11H2,1H3;4-6,8H,2-3,7,11H2,1H3. The maximum absolute atomic E-state index is 5.95. The van der Waals surface area contributed by atoms with Gasteiger partial charge >= 0.3 is 0 Å². The molecule has 14 heteroatoms. The van der Waals surface area contributed by atoms with E-state index in [0.29, 0.717) is 11.4 Å². The van der Waals surface area contributed by atoms with Crippen molar-refractivity contribution < 1.29 is 18.9 Å². The number of ether oxygens (including phenoxy) is 4. The molecule has 16 N–H and O–H groups in total. The van der Waals surface area contributed by atoms with Crippen molar-refractivity contribution >= 4 is 111 Å². The molecule has 0 aliphatic rings. The monoisotopic (exact) mass is 1280 g/mol. The van der Waals surface area contributed by atoms with E-state index in [1.807, 2.05) is 176 Å². The van der Waals surface area contributed by atoms with Gasteiger partial charge in [-0.2, -0.15) is 0 Å². The van der Waals surface area contributed by atoms with Gasteiger partial charge in [0.25, 0.3) is 0 Å². The highest BCUT2D eigenvalue weighted by Gasteiger charge is 2.07. The first-order valence-corrected chi connectivity index (χ1v) is 33.2. The van der Waals surface area contributed by atoms with E-state index in [-0.39, 0.29) is 0 Å². The number of hydrogen-bond donors (Lipinski definition) is 10. The van der Waals surface area contributed by atoms with Crippen LogP contribution in [0.15, 0.2) is 255 Å². The molecule has 496 valence electrons. The van der Waals surface area contributed by atoms with Gasteiger partial charge in [0.15, 0.2) is 0 Å². The van der Waals surface area contributed by atoms with Crippen LogP contribution in [0.5, 0.6) is 23.0 Å². The minimum atomic E-state index is 0.648.